The van der Waals surface area contributed by atoms with Gasteiger partial charge in [0.1, 0.15) is 10.8 Å². The Morgan fingerprint density at radius 1 is 1.00 bits per heavy atom. The maximum atomic E-state index is 12.6. The monoisotopic (exact) mass is 415 g/mol. The van der Waals surface area contributed by atoms with E-state index in [4.69, 9.17) is 21.0 Å². The smallest absolute Gasteiger partial charge is 0.357 e. The van der Waals surface area contributed by atoms with Crippen LogP contribution in [0.15, 0.2) is 76.1 Å². The van der Waals surface area contributed by atoms with Crippen LogP contribution in [-0.2, 0) is 12.8 Å². The minimum atomic E-state index is -0.562. The van der Waals surface area contributed by atoms with Gasteiger partial charge in [-0.25, -0.2) is 14.8 Å². The standard InChI is InChI=1S/C24H18ClN3O2/c1-28(16-10-6-3-7-11-16)21-17-12-13-19-18(22(17)30-24(29)20(21)25)14-26-23(27-19)15-8-4-2-5-9-15/h2-11,14H,12-13H2,1H3. The molecule has 1 aliphatic carbocycles. The van der Waals surface area contributed by atoms with Crippen LogP contribution in [0, 0.1) is 0 Å². The van der Waals surface area contributed by atoms with E-state index < -0.39 is 5.63 Å². The Kier molecular flexibility index (Phi) is 4.60. The Bertz CT molecular complexity index is 1290. The highest BCUT2D eigenvalue weighted by Gasteiger charge is 2.28. The van der Waals surface area contributed by atoms with E-state index in [-0.39, 0.29) is 5.02 Å². The van der Waals surface area contributed by atoms with Gasteiger partial charge in [-0.05, 0) is 25.0 Å². The summed E-state index contributed by atoms with van der Waals surface area (Å²) in [5.74, 6) is 1.17. The van der Waals surface area contributed by atoms with Crippen molar-refractivity contribution in [3.63, 3.8) is 0 Å². The van der Waals surface area contributed by atoms with Crippen LogP contribution in [0.5, 0.6) is 0 Å². The van der Waals surface area contributed by atoms with Crippen molar-refractivity contribution in [2.24, 2.45) is 0 Å². The summed E-state index contributed by atoms with van der Waals surface area (Å²) in [6, 6.07) is 19.6. The van der Waals surface area contributed by atoms with Crippen LogP contribution in [0.1, 0.15) is 11.3 Å². The highest BCUT2D eigenvalue weighted by Crippen LogP contribution is 2.41. The number of hydrogen-bond donors (Lipinski definition) is 0. The predicted molar refractivity (Wildman–Crippen MR) is 118 cm³/mol. The average Bonchev–Trinajstić information content (AvgIpc) is 2.80. The minimum absolute atomic E-state index is 0.0883. The SMILES string of the molecule is CN(c1ccccc1)c1c2c(oc(=O)c1Cl)-c1cnc(-c3ccccc3)nc1CC2. The van der Waals surface area contributed by atoms with Crippen molar-refractivity contribution < 1.29 is 4.42 Å². The zero-order valence-electron chi connectivity index (χ0n) is 16.3. The molecule has 0 bridgehead atoms. The van der Waals surface area contributed by atoms with Crippen molar-refractivity contribution in [3.8, 4) is 22.7 Å². The zero-order valence-corrected chi connectivity index (χ0v) is 17.1. The van der Waals surface area contributed by atoms with Gasteiger partial charge in [0.25, 0.3) is 0 Å². The summed E-state index contributed by atoms with van der Waals surface area (Å²) in [4.78, 5) is 23.8. The molecule has 148 valence electrons. The first-order chi connectivity index (χ1) is 14.6. The Morgan fingerprint density at radius 2 is 1.70 bits per heavy atom. The molecule has 0 saturated carbocycles. The number of para-hydroxylation sites is 1. The number of aryl methyl sites for hydroxylation is 1. The number of fused-ring (bicyclic) bond motifs is 3. The maximum absolute atomic E-state index is 12.6. The van der Waals surface area contributed by atoms with Gasteiger partial charge in [-0.15, -0.1) is 0 Å². The molecule has 30 heavy (non-hydrogen) atoms. The third-order valence-corrected chi connectivity index (χ3v) is 5.71. The molecular weight excluding hydrogens is 398 g/mol. The first-order valence-electron chi connectivity index (χ1n) is 9.69. The quantitative estimate of drug-likeness (QED) is 0.455. The Morgan fingerprint density at radius 3 is 2.43 bits per heavy atom. The molecule has 0 unspecified atom stereocenters. The first-order valence-corrected chi connectivity index (χ1v) is 10.1. The van der Waals surface area contributed by atoms with Gasteiger partial charge in [0.05, 0.1) is 16.9 Å². The van der Waals surface area contributed by atoms with Crippen LogP contribution in [0.25, 0.3) is 22.7 Å². The van der Waals surface area contributed by atoms with Gasteiger partial charge >= 0.3 is 5.63 Å². The van der Waals surface area contributed by atoms with Crippen LogP contribution in [0.3, 0.4) is 0 Å². The molecule has 0 aliphatic heterocycles. The molecule has 0 amide bonds. The second-order valence-electron chi connectivity index (χ2n) is 7.17. The molecule has 0 radical (unpaired) electrons. The molecule has 2 aromatic heterocycles. The van der Waals surface area contributed by atoms with Crippen molar-refractivity contribution in [1.82, 2.24) is 9.97 Å². The van der Waals surface area contributed by atoms with Crippen molar-refractivity contribution >= 4 is 23.0 Å². The lowest BCUT2D eigenvalue weighted by Crippen LogP contribution is -2.20. The summed E-state index contributed by atoms with van der Waals surface area (Å²) in [5, 5.41) is 0.0883. The highest BCUT2D eigenvalue weighted by molar-refractivity contribution is 6.33. The van der Waals surface area contributed by atoms with Crippen LogP contribution in [0.4, 0.5) is 11.4 Å². The highest BCUT2D eigenvalue weighted by atomic mass is 35.5. The molecule has 4 aromatic rings. The summed E-state index contributed by atoms with van der Waals surface area (Å²) < 4.78 is 5.64. The molecule has 5 nitrogen and oxygen atoms in total. The lowest BCUT2D eigenvalue weighted by atomic mass is 9.92. The van der Waals surface area contributed by atoms with E-state index >= 15 is 0 Å². The van der Waals surface area contributed by atoms with Crippen LogP contribution in [-0.4, -0.2) is 17.0 Å². The van der Waals surface area contributed by atoms with E-state index in [1.54, 1.807) is 6.20 Å². The summed E-state index contributed by atoms with van der Waals surface area (Å²) >= 11 is 6.43. The Hall–Kier alpha value is -3.44. The largest absolute Gasteiger partial charge is 0.421 e. The molecule has 0 saturated heterocycles. The van der Waals surface area contributed by atoms with E-state index in [1.165, 1.54) is 0 Å². The average molecular weight is 416 g/mol. The fourth-order valence-corrected chi connectivity index (χ4v) is 4.16. The van der Waals surface area contributed by atoms with E-state index in [0.29, 0.717) is 30.1 Å². The predicted octanol–water partition coefficient (Wildman–Crippen LogP) is 5.28. The summed E-state index contributed by atoms with van der Waals surface area (Å²) in [6.45, 7) is 0. The fraction of sp³-hybridized carbons (Fsp3) is 0.125. The van der Waals surface area contributed by atoms with Crippen molar-refractivity contribution in [2.75, 3.05) is 11.9 Å². The maximum Gasteiger partial charge on any atom is 0.357 e. The molecule has 0 atom stereocenters. The molecule has 0 N–H and O–H groups in total. The van der Waals surface area contributed by atoms with Gasteiger partial charge in [0.2, 0.25) is 0 Å². The molecule has 1 aliphatic rings. The lowest BCUT2D eigenvalue weighted by Gasteiger charge is -2.27. The Labute approximate surface area is 178 Å². The molecular formula is C24H18ClN3O2. The number of nitrogens with zero attached hydrogens (tertiary/aromatic N) is 3. The number of halogens is 1. The summed E-state index contributed by atoms with van der Waals surface area (Å²) in [7, 11) is 1.90. The van der Waals surface area contributed by atoms with Gasteiger partial charge in [-0.2, -0.15) is 0 Å². The van der Waals surface area contributed by atoms with Gasteiger partial charge in [-0.1, -0.05) is 60.1 Å². The Balaban J connectivity index is 1.66. The summed E-state index contributed by atoms with van der Waals surface area (Å²) in [6.07, 6.45) is 3.12. The molecule has 0 spiro atoms. The van der Waals surface area contributed by atoms with Crippen LogP contribution >= 0.6 is 11.6 Å². The number of hydrogen-bond acceptors (Lipinski definition) is 5. The number of rotatable bonds is 3. The minimum Gasteiger partial charge on any atom is -0.421 e. The molecule has 5 rings (SSSR count). The van der Waals surface area contributed by atoms with E-state index in [0.717, 1.165) is 28.1 Å². The van der Waals surface area contributed by atoms with Crippen molar-refractivity contribution in [3.05, 3.63) is 93.6 Å². The first kappa shape index (κ1) is 18.6. The lowest BCUT2D eigenvalue weighted by molar-refractivity contribution is 0.514. The molecule has 0 fully saturated rings. The van der Waals surface area contributed by atoms with Gasteiger partial charge < -0.3 is 9.32 Å². The van der Waals surface area contributed by atoms with E-state index in [1.807, 2.05) is 72.6 Å². The fourth-order valence-electron chi connectivity index (χ4n) is 3.88. The second kappa shape index (κ2) is 7.43. The number of benzene rings is 2. The normalized spacial score (nSPS) is 12.2. The van der Waals surface area contributed by atoms with Crippen LogP contribution in [0.2, 0.25) is 5.02 Å². The molecule has 2 aromatic carbocycles. The van der Waals surface area contributed by atoms with Gasteiger partial charge in [-0.3, -0.25) is 0 Å². The second-order valence-corrected chi connectivity index (χ2v) is 7.55. The zero-order chi connectivity index (χ0) is 20.7. The van der Waals surface area contributed by atoms with E-state index in [2.05, 4.69) is 4.98 Å². The van der Waals surface area contributed by atoms with E-state index in [9.17, 15) is 4.79 Å². The number of anilines is 2. The summed E-state index contributed by atoms with van der Waals surface area (Å²) in [5.41, 5.74) is 4.51. The topological polar surface area (TPSA) is 59.2 Å². The van der Waals surface area contributed by atoms with Gasteiger partial charge in [0.15, 0.2) is 5.82 Å². The molecule has 2 heterocycles. The van der Waals surface area contributed by atoms with Crippen molar-refractivity contribution in [1.29, 1.82) is 0 Å². The third-order valence-electron chi connectivity index (χ3n) is 5.38. The van der Waals surface area contributed by atoms with Gasteiger partial charge in [0, 0.05) is 30.1 Å². The number of aromatic nitrogens is 2. The molecule has 6 heteroatoms. The third kappa shape index (κ3) is 3.08. The van der Waals surface area contributed by atoms with Crippen molar-refractivity contribution in [2.45, 2.75) is 12.8 Å². The van der Waals surface area contributed by atoms with Crippen LogP contribution < -0.4 is 10.5 Å².